The highest BCUT2D eigenvalue weighted by Gasteiger charge is 2.34. The summed E-state index contributed by atoms with van der Waals surface area (Å²) in [4.78, 5) is 5.07. The molecule has 19 heavy (non-hydrogen) atoms. The van der Waals surface area contributed by atoms with Gasteiger partial charge in [-0.15, -0.1) is 0 Å². The van der Waals surface area contributed by atoms with Crippen LogP contribution >= 0.6 is 0 Å². The average Bonchev–Trinajstić information content (AvgIpc) is 2.46. The Morgan fingerprint density at radius 3 is 2.95 bits per heavy atom. The summed E-state index contributed by atoms with van der Waals surface area (Å²) in [5.41, 5.74) is 1.05. The van der Waals surface area contributed by atoms with Gasteiger partial charge in [0.05, 0.1) is 0 Å². The molecule has 2 aliphatic rings. The predicted molar refractivity (Wildman–Crippen MR) is 77.0 cm³/mol. The molecule has 0 aliphatic carbocycles. The van der Waals surface area contributed by atoms with Crippen LogP contribution in [0.15, 0.2) is 24.3 Å². The number of hydrogen-bond acceptors (Lipinski definition) is 2. The van der Waals surface area contributed by atoms with Crippen LogP contribution < -0.4 is 4.90 Å². The Morgan fingerprint density at radius 1 is 1.26 bits per heavy atom. The molecule has 0 amide bonds. The van der Waals surface area contributed by atoms with Crippen molar-refractivity contribution in [2.24, 2.45) is 0 Å². The van der Waals surface area contributed by atoms with Crippen LogP contribution in [0.5, 0.6) is 0 Å². The van der Waals surface area contributed by atoms with Gasteiger partial charge >= 0.3 is 0 Å². The first-order valence-electron chi connectivity index (χ1n) is 7.54. The number of nitrogens with zero attached hydrogens (tertiary/aromatic N) is 2. The van der Waals surface area contributed by atoms with Crippen molar-refractivity contribution < 1.29 is 4.39 Å². The number of hydrogen-bond donors (Lipinski definition) is 0. The van der Waals surface area contributed by atoms with Gasteiger partial charge in [-0.25, -0.2) is 4.39 Å². The van der Waals surface area contributed by atoms with Crippen LogP contribution in [0.25, 0.3) is 0 Å². The van der Waals surface area contributed by atoms with Crippen LogP contribution in [0.2, 0.25) is 0 Å². The lowest BCUT2D eigenvalue weighted by Gasteiger charge is -2.49. The molecule has 0 radical (unpaired) electrons. The number of rotatable bonds is 2. The van der Waals surface area contributed by atoms with Gasteiger partial charge in [0, 0.05) is 30.9 Å². The topological polar surface area (TPSA) is 6.48 Å². The standard InChI is InChI=1S/C16H23FN2/c1-2-14-11-18-9-4-3-7-16(18)12-19(14)15-8-5-6-13(17)10-15/h5-6,8,10,14,16H,2-4,7,9,11-12H2,1H3. The maximum atomic E-state index is 13.4. The van der Waals surface area contributed by atoms with Crippen LogP contribution in [0, 0.1) is 5.82 Å². The molecule has 1 aromatic carbocycles. The monoisotopic (exact) mass is 262 g/mol. The highest BCUT2D eigenvalue weighted by molar-refractivity contribution is 5.48. The van der Waals surface area contributed by atoms with Crippen LogP contribution in [0.4, 0.5) is 10.1 Å². The zero-order chi connectivity index (χ0) is 13.2. The van der Waals surface area contributed by atoms with Gasteiger partial charge in [-0.3, -0.25) is 4.90 Å². The first kappa shape index (κ1) is 12.9. The molecule has 0 aromatic heterocycles. The summed E-state index contributed by atoms with van der Waals surface area (Å²) in [5.74, 6) is -0.126. The molecule has 3 rings (SSSR count). The highest BCUT2D eigenvalue weighted by atomic mass is 19.1. The molecule has 2 saturated heterocycles. The molecule has 2 fully saturated rings. The molecule has 2 nitrogen and oxygen atoms in total. The van der Waals surface area contributed by atoms with Crippen LogP contribution in [-0.2, 0) is 0 Å². The molecule has 3 heteroatoms. The molecular formula is C16H23FN2. The van der Waals surface area contributed by atoms with Crippen molar-refractivity contribution in [1.29, 1.82) is 0 Å². The lowest BCUT2D eigenvalue weighted by atomic mass is 9.95. The molecule has 0 bridgehead atoms. The fraction of sp³-hybridized carbons (Fsp3) is 0.625. The van der Waals surface area contributed by atoms with E-state index in [1.807, 2.05) is 12.1 Å². The fourth-order valence-corrected chi connectivity index (χ4v) is 3.57. The minimum Gasteiger partial charge on any atom is -0.366 e. The van der Waals surface area contributed by atoms with Gasteiger partial charge < -0.3 is 4.90 Å². The third-order valence-electron chi connectivity index (χ3n) is 4.65. The normalized spacial score (nSPS) is 28.2. The zero-order valence-corrected chi connectivity index (χ0v) is 11.7. The van der Waals surface area contributed by atoms with Crippen molar-refractivity contribution >= 4 is 5.69 Å². The SMILES string of the molecule is CCC1CN2CCCCC2CN1c1cccc(F)c1. The third-order valence-corrected chi connectivity index (χ3v) is 4.65. The quantitative estimate of drug-likeness (QED) is 0.807. The fourth-order valence-electron chi connectivity index (χ4n) is 3.57. The van der Waals surface area contributed by atoms with Gasteiger partial charge in [0.1, 0.15) is 5.82 Å². The maximum Gasteiger partial charge on any atom is 0.125 e. The van der Waals surface area contributed by atoms with Crippen molar-refractivity contribution in [3.8, 4) is 0 Å². The van der Waals surface area contributed by atoms with Crippen molar-refractivity contribution in [1.82, 2.24) is 4.90 Å². The van der Waals surface area contributed by atoms with Gasteiger partial charge in [0.15, 0.2) is 0 Å². The zero-order valence-electron chi connectivity index (χ0n) is 11.7. The van der Waals surface area contributed by atoms with Crippen LogP contribution in [0.3, 0.4) is 0 Å². The molecule has 104 valence electrons. The number of fused-ring (bicyclic) bond motifs is 1. The van der Waals surface area contributed by atoms with E-state index in [1.165, 1.54) is 31.9 Å². The summed E-state index contributed by atoms with van der Waals surface area (Å²) in [6.07, 6.45) is 5.10. The van der Waals surface area contributed by atoms with E-state index in [0.29, 0.717) is 12.1 Å². The number of piperidine rings is 1. The molecule has 2 atom stereocenters. The minimum absolute atomic E-state index is 0.126. The van der Waals surface area contributed by atoms with Gasteiger partial charge in [0.25, 0.3) is 0 Å². The molecule has 1 aromatic rings. The largest absolute Gasteiger partial charge is 0.366 e. The van der Waals surface area contributed by atoms with E-state index in [4.69, 9.17) is 0 Å². The van der Waals surface area contributed by atoms with Crippen LogP contribution in [-0.4, -0.2) is 36.6 Å². The van der Waals surface area contributed by atoms with Crippen molar-refractivity contribution in [3.05, 3.63) is 30.1 Å². The first-order valence-corrected chi connectivity index (χ1v) is 7.54. The molecule has 2 heterocycles. The van der Waals surface area contributed by atoms with Gasteiger partial charge in [-0.05, 0) is 44.0 Å². The summed E-state index contributed by atoms with van der Waals surface area (Å²) in [7, 11) is 0. The smallest absolute Gasteiger partial charge is 0.125 e. The molecule has 0 saturated carbocycles. The van der Waals surface area contributed by atoms with E-state index in [-0.39, 0.29) is 5.82 Å². The van der Waals surface area contributed by atoms with E-state index >= 15 is 0 Å². The third kappa shape index (κ3) is 2.62. The van der Waals surface area contributed by atoms with Crippen molar-refractivity contribution in [2.75, 3.05) is 24.5 Å². The lowest BCUT2D eigenvalue weighted by Crippen LogP contribution is -2.59. The highest BCUT2D eigenvalue weighted by Crippen LogP contribution is 2.29. The summed E-state index contributed by atoms with van der Waals surface area (Å²) in [5, 5.41) is 0. The second kappa shape index (κ2) is 5.49. The van der Waals surface area contributed by atoms with Gasteiger partial charge in [-0.2, -0.15) is 0 Å². The van der Waals surface area contributed by atoms with Crippen molar-refractivity contribution in [3.63, 3.8) is 0 Å². The number of piperazine rings is 1. The van der Waals surface area contributed by atoms with E-state index in [1.54, 1.807) is 6.07 Å². The van der Waals surface area contributed by atoms with E-state index in [2.05, 4.69) is 16.7 Å². The summed E-state index contributed by atoms with van der Waals surface area (Å²) >= 11 is 0. The average molecular weight is 262 g/mol. The Hall–Kier alpha value is -1.09. The summed E-state index contributed by atoms with van der Waals surface area (Å²) in [6.45, 7) is 5.68. The Balaban J connectivity index is 1.82. The Kier molecular flexibility index (Phi) is 3.74. The molecule has 2 aliphatic heterocycles. The molecular weight excluding hydrogens is 239 g/mol. The first-order chi connectivity index (χ1) is 9.28. The van der Waals surface area contributed by atoms with Crippen molar-refractivity contribution in [2.45, 2.75) is 44.7 Å². The minimum atomic E-state index is -0.126. The van der Waals surface area contributed by atoms with Crippen LogP contribution in [0.1, 0.15) is 32.6 Å². The second-order valence-corrected chi connectivity index (χ2v) is 5.84. The Labute approximate surface area is 115 Å². The summed E-state index contributed by atoms with van der Waals surface area (Å²) < 4.78 is 13.4. The van der Waals surface area contributed by atoms with E-state index < -0.39 is 0 Å². The second-order valence-electron chi connectivity index (χ2n) is 5.84. The Morgan fingerprint density at radius 2 is 2.16 bits per heavy atom. The molecule has 0 N–H and O–H groups in total. The van der Waals surface area contributed by atoms with E-state index in [0.717, 1.165) is 25.2 Å². The van der Waals surface area contributed by atoms with Gasteiger partial charge in [0.2, 0.25) is 0 Å². The maximum absolute atomic E-state index is 13.4. The number of anilines is 1. The predicted octanol–water partition coefficient (Wildman–Crippen LogP) is 3.28. The Bertz CT molecular complexity index is 435. The number of halogens is 1. The van der Waals surface area contributed by atoms with Gasteiger partial charge in [-0.1, -0.05) is 19.4 Å². The summed E-state index contributed by atoms with van der Waals surface area (Å²) in [6, 6.07) is 8.27. The van der Waals surface area contributed by atoms with E-state index in [9.17, 15) is 4.39 Å². The molecule has 0 spiro atoms. The molecule has 2 unspecified atom stereocenters. The number of benzene rings is 1. The lowest BCUT2D eigenvalue weighted by molar-refractivity contribution is 0.111.